The van der Waals surface area contributed by atoms with Gasteiger partial charge in [-0.15, -0.1) is 10.2 Å². The van der Waals surface area contributed by atoms with Gasteiger partial charge in [-0.25, -0.2) is 0 Å². The number of aryl methyl sites for hydroxylation is 2. The second kappa shape index (κ2) is 9.09. The van der Waals surface area contributed by atoms with Gasteiger partial charge in [0.25, 0.3) is 0 Å². The van der Waals surface area contributed by atoms with Crippen molar-refractivity contribution in [2.75, 3.05) is 0 Å². The summed E-state index contributed by atoms with van der Waals surface area (Å²) in [4.78, 5) is 0. The standard InChI is InChI=1S/C22H27N3OS/c1-5-18-11-13-20(14-12-18)26-17(4)21-23-24-22(25(21)6-2)27-15-19-9-7-16(3)8-10-19/h7-14,17H,5-6,15H2,1-4H3/t17-/m1/s1. The van der Waals surface area contributed by atoms with Gasteiger partial charge in [-0.3, -0.25) is 0 Å². The molecule has 2 aromatic carbocycles. The second-order valence-electron chi connectivity index (χ2n) is 6.62. The van der Waals surface area contributed by atoms with Crippen LogP contribution in [0.15, 0.2) is 53.7 Å². The average Bonchev–Trinajstić information content (AvgIpc) is 3.11. The van der Waals surface area contributed by atoms with Gasteiger partial charge in [0, 0.05) is 12.3 Å². The van der Waals surface area contributed by atoms with Crippen molar-refractivity contribution < 1.29 is 4.74 Å². The molecule has 5 heteroatoms. The molecule has 3 aromatic rings. The van der Waals surface area contributed by atoms with E-state index in [-0.39, 0.29) is 6.10 Å². The van der Waals surface area contributed by atoms with Crippen LogP contribution in [0.3, 0.4) is 0 Å². The maximum atomic E-state index is 6.10. The van der Waals surface area contributed by atoms with Gasteiger partial charge in [0.1, 0.15) is 5.75 Å². The minimum atomic E-state index is -0.154. The van der Waals surface area contributed by atoms with E-state index in [1.807, 2.05) is 19.1 Å². The molecule has 1 heterocycles. The van der Waals surface area contributed by atoms with Gasteiger partial charge >= 0.3 is 0 Å². The Labute approximate surface area is 166 Å². The summed E-state index contributed by atoms with van der Waals surface area (Å²) >= 11 is 1.71. The van der Waals surface area contributed by atoms with Crippen LogP contribution < -0.4 is 4.74 Å². The largest absolute Gasteiger partial charge is 0.483 e. The monoisotopic (exact) mass is 381 g/mol. The van der Waals surface area contributed by atoms with E-state index in [0.29, 0.717) is 0 Å². The highest BCUT2D eigenvalue weighted by molar-refractivity contribution is 7.98. The minimum Gasteiger partial charge on any atom is -0.483 e. The van der Waals surface area contributed by atoms with Gasteiger partial charge in [0.2, 0.25) is 0 Å². The molecule has 0 N–H and O–H groups in total. The van der Waals surface area contributed by atoms with Crippen molar-refractivity contribution in [3.63, 3.8) is 0 Å². The zero-order valence-electron chi connectivity index (χ0n) is 16.5. The van der Waals surface area contributed by atoms with Crippen LogP contribution in [0.2, 0.25) is 0 Å². The first-order valence-corrected chi connectivity index (χ1v) is 10.5. The number of ether oxygens (including phenoxy) is 1. The average molecular weight is 382 g/mol. The van der Waals surface area contributed by atoms with Crippen LogP contribution in [0.4, 0.5) is 0 Å². The zero-order valence-corrected chi connectivity index (χ0v) is 17.3. The topological polar surface area (TPSA) is 39.9 Å². The van der Waals surface area contributed by atoms with E-state index >= 15 is 0 Å². The lowest BCUT2D eigenvalue weighted by Crippen LogP contribution is -2.12. The Hall–Kier alpha value is -2.27. The van der Waals surface area contributed by atoms with Crippen LogP contribution in [0.25, 0.3) is 0 Å². The van der Waals surface area contributed by atoms with Crippen LogP contribution in [0.1, 0.15) is 49.4 Å². The number of nitrogens with zero attached hydrogens (tertiary/aromatic N) is 3. The van der Waals surface area contributed by atoms with Crippen molar-refractivity contribution in [2.24, 2.45) is 0 Å². The molecule has 0 aliphatic heterocycles. The lowest BCUT2D eigenvalue weighted by Gasteiger charge is -2.16. The smallest absolute Gasteiger partial charge is 0.191 e. The predicted molar refractivity (Wildman–Crippen MR) is 111 cm³/mol. The van der Waals surface area contributed by atoms with E-state index in [0.717, 1.165) is 35.4 Å². The van der Waals surface area contributed by atoms with Gasteiger partial charge < -0.3 is 9.30 Å². The van der Waals surface area contributed by atoms with Crippen molar-refractivity contribution >= 4 is 11.8 Å². The van der Waals surface area contributed by atoms with Crippen LogP contribution in [0.5, 0.6) is 5.75 Å². The molecule has 0 amide bonds. The summed E-state index contributed by atoms with van der Waals surface area (Å²) in [6.07, 6.45) is 0.875. The Bertz CT molecular complexity index is 856. The highest BCUT2D eigenvalue weighted by atomic mass is 32.2. The number of hydrogen-bond donors (Lipinski definition) is 0. The molecule has 0 unspecified atom stereocenters. The summed E-state index contributed by atoms with van der Waals surface area (Å²) in [6, 6.07) is 16.9. The summed E-state index contributed by atoms with van der Waals surface area (Å²) in [5, 5.41) is 9.75. The number of hydrogen-bond acceptors (Lipinski definition) is 4. The molecule has 0 bridgehead atoms. The number of aromatic nitrogens is 3. The number of benzene rings is 2. The molecule has 0 saturated heterocycles. The lowest BCUT2D eigenvalue weighted by atomic mass is 10.2. The van der Waals surface area contributed by atoms with Crippen molar-refractivity contribution in [3.05, 3.63) is 71.0 Å². The van der Waals surface area contributed by atoms with E-state index in [2.05, 4.69) is 71.9 Å². The Morgan fingerprint density at radius 2 is 1.63 bits per heavy atom. The SMILES string of the molecule is CCc1ccc(O[C@H](C)c2nnc(SCc3ccc(C)cc3)n2CC)cc1. The third-order valence-electron chi connectivity index (χ3n) is 4.56. The fourth-order valence-electron chi connectivity index (χ4n) is 2.90. The fraction of sp³-hybridized carbons (Fsp3) is 0.364. The first-order chi connectivity index (χ1) is 13.1. The molecule has 0 aliphatic rings. The van der Waals surface area contributed by atoms with Gasteiger partial charge in [0.05, 0.1) is 0 Å². The molecule has 1 aromatic heterocycles. The molecular weight excluding hydrogens is 354 g/mol. The van der Waals surface area contributed by atoms with Gasteiger partial charge in [-0.2, -0.15) is 0 Å². The van der Waals surface area contributed by atoms with E-state index < -0.39 is 0 Å². The summed E-state index contributed by atoms with van der Waals surface area (Å²) in [5.74, 6) is 2.61. The maximum Gasteiger partial charge on any atom is 0.191 e. The Balaban J connectivity index is 1.69. The summed E-state index contributed by atoms with van der Waals surface area (Å²) in [7, 11) is 0. The minimum absolute atomic E-state index is 0.154. The van der Waals surface area contributed by atoms with Gasteiger partial charge in [0.15, 0.2) is 17.1 Å². The zero-order chi connectivity index (χ0) is 19.2. The van der Waals surface area contributed by atoms with Crippen molar-refractivity contribution in [1.82, 2.24) is 14.8 Å². The number of rotatable bonds is 8. The normalized spacial score (nSPS) is 12.1. The Morgan fingerprint density at radius 3 is 2.26 bits per heavy atom. The highest BCUT2D eigenvalue weighted by Gasteiger charge is 2.18. The van der Waals surface area contributed by atoms with Crippen LogP contribution in [-0.4, -0.2) is 14.8 Å². The predicted octanol–water partition coefficient (Wildman–Crippen LogP) is 5.60. The second-order valence-corrected chi connectivity index (χ2v) is 7.56. The van der Waals surface area contributed by atoms with E-state index in [4.69, 9.17) is 4.74 Å². The van der Waals surface area contributed by atoms with E-state index in [9.17, 15) is 0 Å². The highest BCUT2D eigenvalue weighted by Crippen LogP contribution is 2.26. The first-order valence-electron chi connectivity index (χ1n) is 9.47. The quantitative estimate of drug-likeness (QED) is 0.476. The molecule has 0 spiro atoms. The van der Waals surface area contributed by atoms with Gasteiger partial charge in [-0.1, -0.05) is 60.6 Å². The van der Waals surface area contributed by atoms with E-state index in [1.165, 1.54) is 16.7 Å². The summed E-state index contributed by atoms with van der Waals surface area (Å²) in [6.45, 7) is 9.22. The first kappa shape index (κ1) is 19.5. The summed E-state index contributed by atoms with van der Waals surface area (Å²) in [5.41, 5.74) is 3.88. The third kappa shape index (κ3) is 4.92. The van der Waals surface area contributed by atoms with Crippen LogP contribution in [-0.2, 0) is 18.7 Å². The molecule has 142 valence electrons. The van der Waals surface area contributed by atoms with Crippen molar-refractivity contribution in [3.8, 4) is 5.75 Å². The van der Waals surface area contributed by atoms with Crippen LogP contribution in [0, 0.1) is 6.92 Å². The molecule has 0 radical (unpaired) electrons. The van der Waals surface area contributed by atoms with Crippen LogP contribution >= 0.6 is 11.8 Å². The molecule has 27 heavy (non-hydrogen) atoms. The molecule has 1 atom stereocenters. The Kier molecular flexibility index (Phi) is 6.56. The van der Waals surface area contributed by atoms with Crippen molar-refractivity contribution in [2.45, 2.75) is 57.7 Å². The lowest BCUT2D eigenvalue weighted by molar-refractivity contribution is 0.210. The molecular formula is C22H27N3OS. The molecule has 0 fully saturated rings. The molecule has 0 saturated carbocycles. The third-order valence-corrected chi connectivity index (χ3v) is 5.60. The maximum absolute atomic E-state index is 6.10. The van der Waals surface area contributed by atoms with E-state index in [1.54, 1.807) is 11.8 Å². The molecule has 0 aliphatic carbocycles. The summed E-state index contributed by atoms with van der Waals surface area (Å²) < 4.78 is 8.24. The Morgan fingerprint density at radius 1 is 0.963 bits per heavy atom. The van der Waals surface area contributed by atoms with Crippen molar-refractivity contribution in [1.29, 1.82) is 0 Å². The molecule has 4 nitrogen and oxygen atoms in total. The molecule has 3 rings (SSSR count). The van der Waals surface area contributed by atoms with Gasteiger partial charge in [-0.05, 0) is 50.5 Å². The number of thioether (sulfide) groups is 1. The fourth-order valence-corrected chi connectivity index (χ4v) is 3.86.